The van der Waals surface area contributed by atoms with Crippen LogP contribution in [-0.4, -0.2) is 19.0 Å². The summed E-state index contributed by atoms with van der Waals surface area (Å²) in [5.41, 5.74) is -0.303. The molecule has 0 spiro atoms. The summed E-state index contributed by atoms with van der Waals surface area (Å²) in [4.78, 5) is 12.0. The molecule has 2 nitrogen and oxygen atoms in total. The average Bonchev–Trinajstić information content (AvgIpc) is 2.15. The molecule has 0 aromatic rings. The highest BCUT2D eigenvalue weighted by Crippen LogP contribution is 2.26. The van der Waals surface area contributed by atoms with Gasteiger partial charge in [-0.25, -0.2) is 0 Å². The lowest BCUT2D eigenvalue weighted by Gasteiger charge is -2.28. The standard InChI is InChI=1S/C13H26O2/c1-7-13(6,12(14)11(4)5)9-15-8-10(2)3/h10-11H,7-9H2,1-6H3/t13-/m1/s1. The van der Waals surface area contributed by atoms with E-state index in [4.69, 9.17) is 4.74 Å². The number of carbonyl (C=O) groups is 1. The molecule has 90 valence electrons. The summed E-state index contributed by atoms with van der Waals surface area (Å²) in [6, 6.07) is 0. The number of hydrogen-bond acceptors (Lipinski definition) is 2. The SMILES string of the molecule is CC[C@](C)(COCC(C)C)C(=O)C(C)C. The summed E-state index contributed by atoms with van der Waals surface area (Å²) in [6.07, 6.45) is 0.849. The maximum absolute atomic E-state index is 12.0. The molecule has 0 saturated heterocycles. The van der Waals surface area contributed by atoms with E-state index in [-0.39, 0.29) is 11.3 Å². The van der Waals surface area contributed by atoms with Gasteiger partial charge in [0.1, 0.15) is 5.78 Å². The number of rotatable bonds is 7. The third kappa shape index (κ3) is 4.78. The number of Topliss-reactive ketones (excluding diaryl/α,β-unsaturated/α-hetero) is 1. The first-order valence-corrected chi connectivity index (χ1v) is 5.95. The maximum Gasteiger partial charge on any atom is 0.143 e. The minimum Gasteiger partial charge on any atom is -0.380 e. The van der Waals surface area contributed by atoms with Gasteiger partial charge in [-0.2, -0.15) is 0 Å². The van der Waals surface area contributed by atoms with Crippen LogP contribution in [0.2, 0.25) is 0 Å². The van der Waals surface area contributed by atoms with E-state index in [1.807, 2.05) is 20.8 Å². The normalized spacial score (nSPS) is 15.7. The predicted octanol–water partition coefficient (Wildman–Crippen LogP) is 3.30. The van der Waals surface area contributed by atoms with Gasteiger partial charge in [0.05, 0.1) is 6.61 Å². The Balaban J connectivity index is 4.25. The second kappa shape index (κ2) is 6.26. The van der Waals surface area contributed by atoms with Crippen molar-refractivity contribution in [1.29, 1.82) is 0 Å². The lowest BCUT2D eigenvalue weighted by Crippen LogP contribution is -2.35. The second-order valence-electron chi connectivity index (χ2n) is 5.34. The van der Waals surface area contributed by atoms with Gasteiger partial charge in [0.25, 0.3) is 0 Å². The summed E-state index contributed by atoms with van der Waals surface area (Å²) >= 11 is 0. The molecule has 0 aromatic heterocycles. The topological polar surface area (TPSA) is 26.3 Å². The van der Waals surface area contributed by atoms with Crippen LogP contribution in [0, 0.1) is 17.3 Å². The lowest BCUT2D eigenvalue weighted by molar-refractivity contribution is -0.135. The van der Waals surface area contributed by atoms with Crippen molar-refractivity contribution in [3.05, 3.63) is 0 Å². The van der Waals surface area contributed by atoms with Crippen LogP contribution in [0.5, 0.6) is 0 Å². The molecule has 0 heterocycles. The van der Waals surface area contributed by atoms with Gasteiger partial charge in [-0.1, -0.05) is 41.5 Å². The maximum atomic E-state index is 12.0. The second-order valence-corrected chi connectivity index (χ2v) is 5.34. The van der Waals surface area contributed by atoms with Crippen molar-refractivity contribution in [2.75, 3.05) is 13.2 Å². The van der Waals surface area contributed by atoms with Crippen LogP contribution in [0.3, 0.4) is 0 Å². The van der Waals surface area contributed by atoms with Crippen molar-refractivity contribution >= 4 is 5.78 Å². The van der Waals surface area contributed by atoms with Gasteiger partial charge in [0.2, 0.25) is 0 Å². The van der Waals surface area contributed by atoms with Crippen LogP contribution in [0.1, 0.15) is 48.0 Å². The van der Waals surface area contributed by atoms with Gasteiger partial charge < -0.3 is 4.74 Å². The van der Waals surface area contributed by atoms with Gasteiger partial charge in [-0.15, -0.1) is 0 Å². The zero-order valence-electron chi connectivity index (χ0n) is 11.1. The molecule has 0 rings (SSSR count). The molecular formula is C13H26O2. The highest BCUT2D eigenvalue weighted by atomic mass is 16.5. The largest absolute Gasteiger partial charge is 0.380 e. The van der Waals surface area contributed by atoms with E-state index in [1.54, 1.807) is 0 Å². The average molecular weight is 214 g/mol. The van der Waals surface area contributed by atoms with Crippen molar-refractivity contribution in [3.8, 4) is 0 Å². The zero-order chi connectivity index (χ0) is 12.1. The Labute approximate surface area is 94.4 Å². The van der Waals surface area contributed by atoms with E-state index < -0.39 is 0 Å². The van der Waals surface area contributed by atoms with Crippen LogP contribution in [0.15, 0.2) is 0 Å². The Bertz CT molecular complexity index is 197. The fraction of sp³-hybridized carbons (Fsp3) is 0.923. The van der Waals surface area contributed by atoms with Crippen molar-refractivity contribution < 1.29 is 9.53 Å². The van der Waals surface area contributed by atoms with Gasteiger partial charge in [-0.05, 0) is 12.3 Å². The predicted molar refractivity (Wildman–Crippen MR) is 63.9 cm³/mol. The molecular weight excluding hydrogens is 188 g/mol. The molecule has 0 fully saturated rings. The Hall–Kier alpha value is -0.370. The molecule has 0 aliphatic carbocycles. The highest BCUT2D eigenvalue weighted by molar-refractivity contribution is 5.86. The Morgan fingerprint density at radius 2 is 1.80 bits per heavy atom. The first-order valence-electron chi connectivity index (χ1n) is 5.95. The Morgan fingerprint density at radius 3 is 2.13 bits per heavy atom. The van der Waals surface area contributed by atoms with E-state index >= 15 is 0 Å². The summed E-state index contributed by atoms with van der Waals surface area (Å²) < 4.78 is 5.60. The molecule has 0 aliphatic rings. The van der Waals surface area contributed by atoms with Crippen LogP contribution in [0.4, 0.5) is 0 Å². The van der Waals surface area contributed by atoms with E-state index in [9.17, 15) is 4.79 Å². The van der Waals surface area contributed by atoms with Crippen molar-refractivity contribution in [1.82, 2.24) is 0 Å². The van der Waals surface area contributed by atoms with Crippen LogP contribution < -0.4 is 0 Å². The highest BCUT2D eigenvalue weighted by Gasteiger charge is 2.32. The smallest absolute Gasteiger partial charge is 0.143 e. The van der Waals surface area contributed by atoms with Crippen molar-refractivity contribution in [3.63, 3.8) is 0 Å². The third-order valence-electron chi connectivity index (χ3n) is 2.77. The molecule has 0 saturated carbocycles. The molecule has 2 heteroatoms. The van der Waals surface area contributed by atoms with Gasteiger partial charge >= 0.3 is 0 Å². The molecule has 0 unspecified atom stereocenters. The first-order chi connectivity index (χ1) is 6.83. The summed E-state index contributed by atoms with van der Waals surface area (Å²) in [5.74, 6) is 0.937. The Morgan fingerprint density at radius 1 is 1.27 bits per heavy atom. The molecule has 0 amide bonds. The third-order valence-corrected chi connectivity index (χ3v) is 2.77. The summed E-state index contributed by atoms with van der Waals surface area (Å²) in [7, 11) is 0. The number of ketones is 1. The van der Waals surface area contributed by atoms with Gasteiger partial charge in [0, 0.05) is 17.9 Å². The molecule has 0 radical (unpaired) electrons. The van der Waals surface area contributed by atoms with Gasteiger partial charge in [-0.3, -0.25) is 4.79 Å². The van der Waals surface area contributed by atoms with Crippen LogP contribution >= 0.6 is 0 Å². The van der Waals surface area contributed by atoms with Gasteiger partial charge in [0.15, 0.2) is 0 Å². The van der Waals surface area contributed by atoms with E-state index in [1.165, 1.54) is 0 Å². The van der Waals surface area contributed by atoms with Crippen molar-refractivity contribution in [2.45, 2.75) is 48.0 Å². The summed E-state index contributed by atoms with van der Waals surface area (Å²) in [6.45, 7) is 13.5. The number of carbonyl (C=O) groups excluding carboxylic acids is 1. The zero-order valence-corrected chi connectivity index (χ0v) is 11.1. The Kier molecular flexibility index (Phi) is 6.11. The number of hydrogen-bond donors (Lipinski definition) is 0. The molecule has 0 aliphatic heterocycles. The van der Waals surface area contributed by atoms with E-state index in [0.29, 0.717) is 18.3 Å². The lowest BCUT2D eigenvalue weighted by atomic mass is 9.79. The molecule has 15 heavy (non-hydrogen) atoms. The number of ether oxygens (including phenoxy) is 1. The minimum atomic E-state index is -0.303. The van der Waals surface area contributed by atoms with E-state index in [2.05, 4.69) is 20.8 Å². The monoisotopic (exact) mass is 214 g/mol. The van der Waals surface area contributed by atoms with Crippen LogP contribution in [0.25, 0.3) is 0 Å². The fourth-order valence-electron chi connectivity index (χ4n) is 1.56. The molecule has 1 atom stereocenters. The first kappa shape index (κ1) is 14.6. The molecule has 0 aromatic carbocycles. The van der Waals surface area contributed by atoms with E-state index in [0.717, 1.165) is 13.0 Å². The molecule has 0 N–H and O–H groups in total. The molecule has 0 bridgehead atoms. The van der Waals surface area contributed by atoms with Crippen LogP contribution in [-0.2, 0) is 9.53 Å². The fourth-order valence-corrected chi connectivity index (χ4v) is 1.56. The summed E-state index contributed by atoms with van der Waals surface area (Å²) in [5, 5.41) is 0. The van der Waals surface area contributed by atoms with Crippen molar-refractivity contribution in [2.24, 2.45) is 17.3 Å². The minimum absolute atomic E-state index is 0.0950. The quantitative estimate of drug-likeness (QED) is 0.650.